The minimum Gasteiger partial charge on any atom is -0.344 e. The monoisotopic (exact) mass is 921 g/mol. The number of hydrogen-bond acceptors (Lipinski definition) is 10. The lowest BCUT2D eigenvalue weighted by molar-refractivity contribution is -0.123. The third-order valence-electron chi connectivity index (χ3n) is 11.0. The van der Waals surface area contributed by atoms with Crippen molar-refractivity contribution in [2.24, 2.45) is 13.0 Å². The fourth-order valence-electron chi connectivity index (χ4n) is 8.47. The van der Waals surface area contributed by atoms with Crippen LogP contribution in [0.4, 0.5) is 32.2 Å². The van der Waals surface area contributed by atoms with Crippen LogP contribution in [0.15, 0.2) is 59.4 Å². The summed E-state index contributed by atoms with van der Waals surface area (Å²) in [4.78, 5) is 42.7. The van der Waals surface area contributed by atoms with Gasteiger partial charge >= 0.3 is 0 Å². The first-order valence-electron chi connectivity index (χ1n) is 19.2. The van der Waals surface area contributed by atoms with Crippen LogP contribution >= 0.6 is 11.6 Å². The predicted octanol–water partition coefficient (Wildman–Crippen LogP) is 6.66. The SMILES string of the molecule is Cc1cc(C#N)nc(-c2ccc3c(=O)n(-c4ccc(Cl)c5c(NS(C)(=O)=O)nn(C)c45)c([C@H](Cc4cc(F)cc(F)c4)NC(=O)Cn4nc(C(F)F)c5c4C(F)(F)[C@@H]4C[C@H]54)nc3c2)n1. The molecular weight excluding hydrogens is 892 g/mol. The molecule has 7 aromatic rings. The number of aromatic nitrogens is 8. The van der Waals surface area contributed by atoms with Crippen molar-refractivity contribution in [1.29, 1.82) is 5.26 Å². The molecule has 9 rings (SSSR count). The molecule has 1 saturated carbocycles. The Morgan fingerprint density at radius 1 is 1.05 bits per heavy atom. The van der Waals surface area contributed by atoms with Crippen LogP contribution in [0.25, 0.3) is 38.9 Å². The summed E-state index contributed by atoms with van der Waals surface area (Å²) in [6, 6.07) is 11.4. The lowest BCUT2D eigenvalue weighted by Crippen LogP contribution is -2.38. The fourth-order valence-corrected chi connectivity index (χ4v) is 9.21. The number of fused-ring (bicyclic) bond motifs is 5. The van der Waals surface area contributed by atoms with Crippen molar-refractivity contribution < 1.29 is 39.6 Å². The number of aryl methyl sites for hydroxylation is 2. The van der Waals surface area contributed by atoms with Crippen LogP contribution in [0.1, 0.15) is 64.5 Å². The topological polar surface area (TPSA) is 195 Å². The van der Waals surface area contributed by atoms with Gasteiger partial charge in [0.2, 0.25) is 15.9 Å². The minimum atomic E-state index is -3.94. The largest absolute Gasteiger partial charge is 0.344 e. The fraction of sp³-hybridized carbons (Fsp3) is 0.268. The van der Waals surface area contributed by atoms with E-state index in [1.165, 1.54) is 48.1 Å². The predicted molar refractivity (Wildman–Crippen MR) is 218 cm³/mol. The number of carbonyl (C=O) groups is 1. The molecule has 2 N–H and O–H groups in total. The average Bonchev–Trinajstić information content (AvgIpc) is 3.75. The lowest BCUT2D eigenvalue weighted by Gasteiger charge is -2.24. The van der Waals surface area contributed by atoms with Gasteiger partial charge in [-0.3, -0.25) is 28.2 Å². The van der Waals surface area contributed by atoms with Crippen molar-refractivity contribution in [2.75, 3.05) is 11.0 Å². The number of rotatable bonds is 11. The number of nitriles is 1. The molecule has 3 atom stereocenters. The molecule has 23 heteroatoms. The standard InChI is InChI=1S/C41H30ClF6N11O4S/c1-17-8-22(15-49)51-37(50-17)19-4-5-23-27(12-19)53-39(59(40(23)61)29-7-6-26(42)32-34(29)57(2)55-38(32)56-64(3,62)63)28(11-18-9-20(43)13-21(44)10-18)52-30(60)16-58-35-31(33(54-58)36(45)46)24-14-25(24)41(35,47)48/h4-10,12-13,24-25,28,36H,11,14,16H2,1-3H3,(H,52,60)(H,55,56)/t24-,25+,28-/m0/s1. The number of nitrogens with one attached hydrogen (secondary N) is 2. The molecule has 4 aromatic heterocycles. The van der Waals surface area contributed by atoms with E-state index in [1.54, 1.807) is 6.92 Å². The number of amides is 1. The van der Waals surface area contributed by atoms with Crippen molar-refractivity contribution in [3.8, 4) is 23.1 Å². The summed E-state index contributed by atoms with van der Waals surface area (Å²) in [6.07, 6.45) is -2.87. The summed E-state index contributed by atoms with van der Waals surface area (Å²) in [5.74, 6) is -9.17. The maximum absolute atomic E-state index is 15.5. The Kier molecular flexibility index (Phi) is 10.0. The zero-order valence-electron chi connectivity index (χ0n) is 33.3. The van der Waals surface area contributed by atoms with Crippen molar-refractivity contribution in [2.45, 2.75) is 50.6 Å². The third kappa shape index (κ3) is 7.36. The van der Waals surface area contributed by atoms with E-state index >= 15 is 13.6 Å². The van der Waals surface area contributed by atoms with Gasteiger partial charge in [-0.15, -0.1) is 0 Å². The molecule has 2 aliphatic rings. The molecule has 4 heterocycles. The molecule has 0 aliphatic heterocycles. The third-order valence-corrected chi connectivity index (χ3v) is 11.9. The van der Waals surface area contributed by atoms with E-state index in [2.05, 4.69) is 30.2 Å². The van der Waals surface area contributed by atoms with E-state index in [1.807, 2.05) is 6.07 Å². The van der Waals surface area contributed by atoms with Gasteiger partial charge in [-0.2, -0.15) is 24.2 Å². The molecule has 0 unspecified atom stereocenters. The first-order valence-corrected chi connectivity index (χ1v) is 21.5. The zero-order chi connectivity index (χ0) is 45.7. The number of anilines is 1. The minimum absolute atomic E-state index is 0.00494. The van der Waals surface area contributed by atoms with Gasteiger partial charge in [0.15, 0.2) is 11.6 Å². The molecule has 0 radical (unpaired) electrons. The summed E-state index contributed by atoms with van der Waals surface area (Å²) in [6.45, 7) is 0.627. The number of hydrogen-bond donors (Lipinski definition) is 2. The molecule has 328 valence electrons. The van der Waals surface area contributed by atoms with Crippen LogP contribution in [0, 0.1) is 35.8 Å². The molecule has 1 fully saturated rings. The van der Waals surface area contributed by atoms with E-state index in [0.29, 0.717) is 22.0 Å². The summed E-state index contributed by atoms with van der Waals surface area (Å²) < 4.78 is 119. The van der Waals surface area contributed by atoms with Gasteiger partial charge in [-0.05, 0) is 67.3 Å². The van der Waals surface area contributed by atoms with E-state index in [4.69, 9.17) is 16.6 Å². The number of sulfonamides is 1. The Balaban J connectivity index is 1.27. The van der Waals surface area contributed by atoms with Crippen molar-refractivity contribution >= 4 is 55.2 Å². The molecule has 0 spiro atoms. The van der Waals surface area contributed by atoms with Crippen LogP contribution in [0.5, 0.6) is 0 Å². The molecule has 0 saturated heterocycles. The van der Waals surface area contributed by atoms with Gasteiger partial charge in [-0.1, -0.05) is 17.7 Å². The van der Waals surface area contributed by atoms with Crippen LogP contribution in [-0.4, -0.2) is 59.7 Å². The summed E-state index contributed by atoms with van der Waals surface area (Å²) in [5, 5.41) is 20.3. The summed E-state index contributed by atoms with van der Waals surface area (Å²) in [7, 11) is -2.50. The zero-order valence-corrected chi connectivity index (χ0v) is 34.9. The van der Waals surface area contributed by atoms with E-state index < -0.39 is 87.7 Å². The normalized spacial score (nSPS) is 16.8. The van der Waals surface area contributed by atoms with Gasteiger partial charge in [0.05, 0.1) is 44.8 Å². The Morgan fingerprint density at radius 2 is 1.78 bits per heavy atom. The molecule has 1 amide bonds. The molecule has 64 heavy (non-hydrogen) atoms. The highest BCUT2D eigenvalue weighted by molar-refractivity contribution is 7.92. The van der Waals surface area contributed by atoms with Gasteiger partial charge in [0.25, 0.3) is 17.9 Å². The highest BCUT2D eigenvalue weighted by Gasteiger charge is 2.67. The highest BCUT2D eigenvalue weighted by atomic mass is 35.5. The summed E-state index contributed by atoms with van der Waals surface area (Å²) >= 11 is 6.63. The van der Waals surface area contributed by atoms with E-state index in [-0.39, 0.29) is 73.2 Å². The van der Waals surface area contributed by atoms with Crippen molar-refractivity contribution in [3.05, 3.63) is 121 Å². The highest BCUT2D eigenvalue weighted by Crippen LogP contribution is 2.68. The van der Waals surface area contributed by atoms with Crippen LogP contribution in [0.3, 0.4) is 0 Å². The lowest BCUT2D eigenvalue weighted by atomic mass is 10.0. The van der Waals surface area contributed by atoms with E-state index in [9.17, 15) is 36.0 Å². The van der Waals surface area contributed by atoms with Gasteiger partial charge in [0, 0.05) is 42.3 Å². The number of benzene rings is 3. The first-order chi connectivity index (χ1) is 30.2. The average molecular weight is 922 g/mol. The van der Waals surface area contributed by atoms with Gasteiger partial charge in [0.1, 0.15) is 47.2 Å². The summed E-state index contributed by atoms with van der Waals surface area (Å²) in [5.41, 5.74) is -2.04. The molecule has 3 aromatic carbocycles. The molecule has 2 aliphatic carbocycles. The van der Waals surface area contributed by atoms with Crippen LogP contribution < -0.4 is 15.6 Å². The van der Waals surface area contributed by atoms with Crippen LogP contribution in [-0.2, 0) is 40.8 Å². The Hall–Kier alpha value is -6.86. The smallest absolute Gasteiger partial charge is 0.293 e. The van der Waals surface area contributed by atoms with E-state index in [0.717, 1.165) is 23.0 Å². The van der Waals surface area contributed by atoms with Gasteiger partial charge < -0.3 is 5.32 Å². The molecular formula is C41H30ClF6N11O4S. The second kappa shape index (κ2) is 15.2. The van der Waals surface area contributed by atoms with Crippen molar-refractivity contribution in [3.63, 3.8) is 0 Å². The van der Waals surface area contributed by atoms with Gasteiger partial charge in [-0.25, -0.2) is 40.9 Å². The number of carbonyl (C=O) groups excluding carboxylic acids is 1. The second-order valence-electron chi connectivity index (χ2n) is 15.6. The first kappa shape index (κ1) is 42.4. The Labute approximate surface area is 362 Å². The quantitative estimate of drug-likeness (QED) is 0.133. The number of nitrogens with zero attached hydrogens (tertiary/aromatic N) is 9. The molecule has 0 bridgehead atoms. The Bertz CT molecular complexity index is 3350. The van der Waals surface area contributed by atoms with Crippen molar-refractivity contribution in [1.82, 2.24) is 44.4 Å². The maximum Gasteiger partial charge on any atom is 0.293 e. The maximum atomic E-state index is 15.5. The molecule has 15 nitrogen and oxygen atoms in total. The second-order valence-corrected chi connectivity index (χ2v) is 17.7. The van der Waals surface area contributed by atoms with Crippen LogP contribution in [0.2, 0.25) is 5.02 Å². The number of halogens is 7. The number of alkyl halides is 4. The Morgan fingerprint density at radius 3 is 2.47 bits per heavy atom.